The lowest BCUT2D eigenvalue weighted by molar-refractivity contribution is 0.195. The standard InChI is InChI=1S/C14H27NS/c1-11-13(5-4-10-16-11)15-12-6-8-14(2,3)9-7-12/h11-13,15H,4-10H2,1-3H3. The fraction of sp³-hybridized carbons (Fsp3) is 1.00. The fourth-order valence-corrected chi connectivity index (χ4v) is 4.16. The van der Waals surface area contributed by atoms with E-state index in [-0.39, 0.29) is 0 Å². The molecule has 0 bridgehead atoms. The highest BCUT2D eigenvalue weighted by Crippen LogP contribution is 2.36. The molecule has 0 aromatic heterocycles. The average Bonchev–Trinajstić information content (AvgIpc) is 2.24. The fourth-order valence-electron chi connectivity index (χ4n) is 3.01. The van der Waals surface area contributed by atoms with Crippen LogP contribution in [0, 0.1) is 5.41 Å². The van der Waals surface area contributed by atoms with E-state index in [1.807, 2.05) is 0 Å². The molecule has 2 aliphatic rings. The van der Waals surface area contributed by atoms with Crippen molar-refractivity contribution in [2.45, 2.75) is 76.6 Å². The van der Waals surface area contributed by atoms with Crippen LogP contribution in [0.2, 0.25) is 0 Å². The molecule has 2 fully saturated rings. The summed E-state index contributed by atoms with van der Waals surface area (Å²) in [5.74, 6) is 1.37. The van der Waals surface area contributed by atoms with E-state index in [4.69, 9.17) is 0 Å². The molecule has 16 heavy (non-hydrogen) atoms. The van der Waals surface area contributed by atoms with Gasteiger partial charge in [-0.25, -0.2) is 0 Å². The van der Waals surface area contributed by atoms with E-state index in [0.717, 1.165) is 17.3 Å². The molecule has 0 aromatic carbocycles. The van der Waals surface area contributed by atoms with Crippen molar-refractivity contribution < 1.29 is 0 Å². The van der Waals surface area contributed by atoms with Crippen LogP contribution >= 0.6 is 11.8 Å². The Hall–Kier alpha value is 0.310. The van der Waals surface area contributed by atoms with Crippen LogP contribution in [0.15, 0.2) is 0 Å². The predicted molar refractivity (Wildman–Crippen MR) is 74.1 cm³/mol. The summed E-state index contributed by atoms with van der Waals surface area (Å²) in [4.78, 5) is 0. The molecular formula is C14H27NS. The molecule has 1 saturated carbocycles. The van der Waals surface area contributed by atoms with Crippen molar-refractivity contribution in [3.8, 4) is 0 Å². The van der Waals surface area contributed by atoms with Gasteiger partial charge in [-0.3, -0.25) is 0 Å². The van der Waals surface area contributed by atoms with Crippen LogP contribution in [-0.2, 0) is 0 Å². The van der Waals surface area contributed by atoms with Gasteiger partial charge in [0.2, 0.25) is 0 Å². The zero-order valence-corrected chi connectivity index (χ0v) is 11.9. The van der Waals surface area contributed by atoms with E-state index in [0.29, 0.717) is 5.41 Å². The first-order valence-electron chi connectivity index (χ1n) is 6.94. The van der Waals surface area contributed by atoms with Crippen molar-refractivity contribution in [3.05, 3.63) is 0 Å². The summed E-state index contributed by atoms with van der Waals surface area (Å²) in [5.41, 5.74) is 0.602. The molecule has 0 amide bonds. The Kier molecular flexibility index (Phi) is 4.23. The van der Waals surface area contributed by atoms with Gasteiger partial charge >= 0.3 is 0 Å². The van der Waals surface area contributed by atoms with Crippen molar-refractivity contribution in [2.24, 2.45) is 5.41 Å². The minimum absolute atomic E-state index is 0.602. The topological polar surface area (TPSA) is 12.0 Å². The first kappa shape index (κ1) is 12.8. The zero-order valence-electron chi connectivity index (χ0n) is 11.1. The molecular weight excluding hydrogens is 214 g/mol. The van der Waals surface area contributed by atoms with E-state index >= 15 is 0 Å². The van der Waals surface area contributed by atoms with Gasteiger partial charge in [0, 0.05) is 17.3 Å². The van der Waals surface area contributed by atoms with Crippen LogP contribution in [0.1, 0.15) is 59.3 Å². The van der Waals surface area contributed by atoms with Gasteiger partial charge in [0.25, 0.3) is 0 Å². The van der Waals surface area contributed by atoms with Gasteiger partial charge in [-0.2, -0.15) is 11.8 Å². The number of rotatable bonds is 2. The van der Waals surface area contributed by atoms with E-state index in [1.165, 1.54) is 44.3 Å². The molecule has 2 atom stereocenters. The summed E-state index contributed by atoms with van der Waals surface area (Å²) < 4.78 is 0. The molecule has 1 aliphatic carbocycles. The van der Waals surface area contributed by atoms with Gasteiger partial charge in [-0.15, -0.1) is 0 Å². The van der Waals surface area contributed by atoms with Gasteiger partial charge in [0.05, 0.1) is 0 Å². The lowest BCUT2D eigenvalue weighted by atomic mass is 9.75. The third kappa shape index (κ3) is 3.40. The average molecular weight is 241 g/mol. The Morgan fingerprint density at radius 1 is 1.12 bits per heavy atom. The molecule has 1 saturated heterocycles. The maximum atomic E-state index is 3.92. The summed E-state index contributed by atoms with van der Waals surface area (Å²) in [5, 5.41) is 4.75. The van der Waals surface area contributed by atoms with Crippen LogP contribution in [0.25, 0.3) is 0 Å². The lowest BCUT2D eigenvalue weighted by Crippen LogP contribution is -2.47. The number of nitrogens with one attached hydrogen (secondary N) is 1. The van der Waals surface area contributed by atoms with Gasteiger partial charge in [-0.1, -0.05) is 20.8 Å². The Balaban J connectivity index is 1.77. The van der Waals surface area contributed by atoms with Crippen LogP contribution in [0.5, 0.6) is 0 Å². The minimum atomic E-state index is 0.602. The predicted octanol–water partition coefficient (Wildman–Crippen LogP) is 3.83. The molecule has 0 radical (unpaired) electrons. The molecule has 2 heteroatoms. The first-order valence-corrected chi connectivity index (χ1v) is 7.99. The second-order valence-electron chi connectivity index (χ2n) is 6.43. The van der Waals surface area contributed by atoms with E-state index in [9.17, 15) is 0 Å². The molecule has 1 nitrogen and oxygen atoms in total. The normalized spacial score (nSPS) is 36.2. The highest BCUT2D eigenvalue weighted by atomic mass is 32.2. The quantitative estimate of drug-likeness (QED) is 0.788. The largest absolute Gasteiger partial charge is 0.310 e. The minimum Gasteiger partial charge on any atom is -0.310 e. The summed E-state index contributed by atoms with van der Waals surface area (Å²) in [6.45, 7) is 7.23. The van der Waals surface area contributed by atoms with Crippen molar-refractivity contribution in [3.63, 3.8) is 0 Å². The van der Waals surface area contributed by atoms with Crippen molar-refractivity contribution in [1.82, 2.24) is 5.32 Å². The van der Waals surface area contributed by atoms with Gasteiger partial charge < -0.3 is 5.32 Å². The summed E-state index contributed by atoms with van der Waals surface area (Å²) in [7, 11) is 0. The number of hydrogen-bond donors (Lipinski definition) is 1. The number of thioether (sulfide) groups is 1. The van der Waals surface area contributed by atoms with Crippen LogP contribution in [0.3, 0.4) is 0 Å². The Bertz CT molecular complexity index is 217. The van der Waals surface area contributed by atoms with Crippen LogP contribution in [-0.4, -0.2) is 23.1 Å². The lowest BCUT2D eigenvalue weighted by Gasteiger charge is -2.39. The second kappa shape index (κ2) is 5.30. The molecule has 0 aromatic rings. The van der Waals surface area contributed by atoms with Gasteiger partial charge in [0.15, 0.2) is 0 Å². The Morgan fingerprint density at radius 2 is 1.81 bits per heavy atom. The van der Waals surface area contributed by atoms with E-state index < -0.39 is 0 Å². The molecule has 0 spiro atoms. The molecule has 1 aliphatic heterocycles. The molecule has 94 valence electrons. The van der Waals surface area contributed by atoms with E-state index in [1.54, 1.807) is 0 Å². The SMILES string of the molecule is CC1SCCCC1NC1CCC(C)(C)CC1. The summed E-state index contributed by atoms with van der Waals surface area (Å²) in [6.07, 6.45) is 8.39. The maximum Gasteiger partial charge on any atom is 0.0186 e. The third-order valence-electron chi connectivity index (χ3n) is 4.40. The molecule has 2 unspecified atom stereocenters. The van der Waals surface area contributed by atoms with Crippen molar-refractivity contribution in [2.75, 3.05) is 5.75 Å². The van der Waals surface area contributed by atoms with Crippen molar-refractivity contribution in [1.29, 1.82) is 0 Å². The third-order valence-corrected chi connectivity index (χ3v) is 5.77. The van der Waals surface area contributed by atoms with Gasteiger partial charge in [0.1, 0.15) is 0 Å². The zero-order chi connectivity index (χ0) is 11.6. The number of hydrogen-bond acceptors (Lipinski definition) is 2. The highest BCUT2D eigenvalue weighted by molar-refractivity contribution is 7.99. The van der Waals surface area contributed by atoms with Crippen LogP contribution in [0.4, 0.5) is 0 Å². The van der Waals surface area contributed by atoms with Gasteiger partial charge in [-0.05, 0) is 49.7 Å². The molecule has 1 N–H and O–H groups in total. The molecule has 2 rings (SSSR count). The Morgan fingerprint density at radius 3 is 2.44 bits per heavy atom. The molecule has 1 heterocycles. The highest BCUT2D eigenvalue weighted by Gasteiger charge is 2.30. The summed E-state index contributed by atoms with van der Waals surface area (Å²) in [6, 6.07) is 1.59. The Labute approximate surface area is 105 Å². The monoisotopic (exact) mass is 241 g/mol. The first-order chi connectivity index (χ1) is 7.57. The van der Waals surface area contributed by atoms with E-state index in [2.05, 4.69) is 37.8 Å². The summed E-state index contributed by atoms with van der Waals surface area (Å²) >= 11 is 2.15. The smallest absolute Gasteiger partial charge is 0.0186 e. The maximum absolute atomic E-state index is 3.92. The van der Waals surface area contributed by atoms with Crippen molar-refractivity contribution >= 4 is 11.8 Å². The second-order valence-corrected chi connectivity index (χ2v) is 7.91. The van der Waals surface area contributed by atoms with Crippen LogP contribution < -0.4 is 5.32 Å².